The highest BCUT2D eigenvalue weighted by molar-refractivity contribution is 6.57. The highest BCUT2D eigenvalue weighted by atomic mass is 16.1. The lowest BCUT2D eigenvalue weighted by atomic mass is 10.1. The normalized spacial score (nSPS) is 15.1. The molecule has 1 N–H and O–H groups in total. The lowest BCUT2D eigenvalue weighted by Gasteiger charge is -2.17. The molecule has 0 spiro atoms. The molecule has 1 saturated heterocycles. The standard InChI is InChI=1S/C12H17BN2O/c13-12(16)14-9-10-3-5-11(6-4-10)15-7-1-2-8-15/h3-6H,1-2,7-9,13H2,(H,14,16). The van der Waals surface area contributed by atoms with Gasteiger partial charge >= 0.3 is 0 Å². The first-order valence-corrected chi connectivity index (χ1v) is 5.84. The number of benzene rings is 1. The van der Waals surface area contributed by atoms with Crippen LogP contribution in [0.1, 0.15) is 18.4 Å². The second kappa shape index (κ2) is 5.06. The summed E-state index contributed by atoms with van der Waals surface area (Å²) < 4.78 is 0. The molecule has 1 aromatic rings. The van der Waals surface area contributed by atoms with E-state index in [0.29, 0.717) is 6.54 Å². The topological polar surface area (TPSA) is 32.3 Å². The van der Waals surface area contributed by atoms with Crippen LogP contribution < -0.4 is 10.2 Å². The molecule has 1 aliphatic heterocycles. The van der Waals surface area contributed by atoms with Gasteiger partial charge in [-0.3, -0.25) is 4.79 Å². The van der Waals surface area contributed by atoms with E-state index in [1.54, 1.807) is 7.85 Å². The number of carbonyl (C=O) groups excluding carboxylic acids is 1. The van der Waals surface area contributed by atoms with Crippen LogP contribution >= 0.6 is 0 Å². The number of rotatable bonds is 3. The minimum absolute atomic E-state index is 0.0172. The number of amides is 1. The number of anilines is 1. The zero-order chi connectivity index (χ0) is 11.4. The smallest absolute Gasteiger partial charge is 0.215 e. The fourth-order valence-electron chi connectivity index (χ4n) is 2.03. The van der Waals surface area contributed by atoms with Crippen molar-refractivity contribution in [3.8, 4) is 0 Å². The van der Waals surface area contributed by atoms with Gasteiger partial charge in [-0.2, -0.15) is 0 Å². The van der Waals surface area contributed by atoms with Crippen molar-refractivity contribution in [2.24, 2.45) is 0 Å². The molecule has 1 heterocycles. The average Bonchev–Trinajstić information content (AvgIpc) is 2.80. The summed E-state index contributed by atoms with van der Waals surface area (Å²) in [5, 5.41) is 2.80. The Morgan fingerprint density at radius 2 is 1.88 bits per heavy atom. The molecule has 0 saturated carbocycles. The van der Waals surface area contributed by atoms with Gasteiger partial charge in [0.15, 0.2) is 5.81 Å². The van der Waals surface area contributed by atoms with Gasteiger partial charge in [0.05, 0.1) is 0 Å². The minimum Gasteiger partial charge on any atom is -0.372 e. The third kappa shape index (κ3) is 2.78. The first kappa shape index (κ1) is 11.1. The molecule has 0 unspecified atom stereocenters. The predicted molar refractivity (Wildman–Crippen MR) is 68.7 cm³/mol. The van der Waals surface area contributed by atoms with Crippen LogP contribution in [0.3, 0.4) is 0 Å². The van der Waals surface area contributed by atoms with Crippen molar-refractivity contribution in [3.05, 3.63) is 29.8 Å². The van der Waals surface area contributed by atoms with E-state index in [1.807, 2.05) is 0 Å². The number of hydrogen-bond donors (Lipinski definition) is 1. The molecule has 0 radical (unpaired) electrons. The molecule has 84 valence electrons. The van der Waals surface area contributed by atoms with E-state index in [4.69, 9.17) is 0 Å². The molecule has 4 heteroatoms. The van der Waals surface area contributed by atoms with Crippen molar-refractivity contribution < 1.29 is 4.79 Å². The Hall–Kier alpha value is -1.45. The van der Waals surface area contributed by atoms with E-state index < -0.39 is 0 Å². The van der Waals surface area contributed by atoms with Crippen molar-refractivity contribution in [3.63, 3.8) is 0 Å². The van der Waals surface area contributed by atoms with Gasteiger partial charge in [0.25, 0.3) is 0 Å². The summed E-state index contributed by atoms with van der Waals surface area (Å²) >= 11 is 0. The van der Waals surface area contributed by atoms with Crippen LogP contribution in [0.4, 0.5) is 10.5 Å². The fourth-order valence-corrected chi connectivity index (χ4v) is 2.03. The zero-order valence-electron chi connectivity index (χ0n) is 9.70. The molecule has 1 aliphatic rings. The number of carbonyl (C=O) groups is 1. The first-order chi connectivity index (χ1) is 7.75. The van der Waals surface area contributed by atoms with Crippen molar-refractivity contribution in [1.29, 1.82) is 0 Å². The van der Waals surface area contributed by atoms with E-state index in [0.717, 1.165) is 5.56 Å². The van der Waals surface area contributed by atoms with Gasteiger partial charge in [0.2, 0.25) is 7.85 Å². The van der Waals surface area contributed by atoms with Crippen LogP contribution in [0, 0.1) is 0 Å². The molecule has 1 amide bonds. The highest BCUT2D eigenvalue weighted by Crippen LogP contribution is 2.20. The number of nitrogens with one attached hydrogen (secondary N) is 1. The van der Waals surface area contributed by atoms with Gasteiger partial charge in [-0.05, 0) is 30.5 Å². The van der Waals surface area contributed by atoms with Crippen LogP contribution in [-0.2, 0) is 6.54 Å². The predicted octanol–water partition coefficient (Wildman–Crippen LogP) is 1.13. The Bertz CT molecular complexity index is 358. The van der Waals surface area contributed by atoms with Gasteiger partial charge in [0.1, 0.15) is 0 Å². The van der Waals surface area contributed by atoms with Crippen LogP contribution in [0.2, 0.25) is 0 Å². The Balaban J connectivity index is 1.95. The summed E-state index contributed by atoms with van der Waals surface area (Å²) in [6, 6.07) is 8.46. The van der Waals surface area contributed by atoms with E-state index in [9.17, 15) is 4.79 Å². The second-order valence-electron chi connectivity index (χ2n) is 4.27. The van der Waals surface area contributed by atoms with Crippen LogP contribution in [0.15, 0.2) is 24.3 Å². The summed E-state index contributed by atoms with van der Waals surface area (Å²) in [4.78, 5) is 13.2. The molecular formula is C12H17BN2O. The lowest BCUT2D eigenvalue weighted by Crippen LogP contribution is -2.21. The van der Waals surface area contributed by atoms with Crippen molar-refractivity contribution >= 4 is 19.3 Å². The monoisotopic (exact) mass is 216 g/mol. The summed E-state index contributed by atoms with van der Waals surface area (Å²) in [5.41, 5.74) is 2.45. The van der Waals surface area contributed by atoms with Crippen molar-refractivity contribution in [2.75, 3.05) is 18.0 Å². The van der Waals surface area contributed by atoms with Gasteiger partial charge in [-0.25, -0.2) is 0 Å². The molecule has 0 atom stereocenters. The van der Waals surface area contributed by atoms with E-state index in [-0.39, 0.29) is 5.81 Å². The van der Waals surface area contributed by atoms with E-state index in [1.165, 1.54) is 31.6 Å². The maximum atomic E-state index is 10.8. The van der Waals surface area contributed by atoms with E-state index >= 15 is 0 Å². The largest absolute Gasteiger partial charge is 0.372 e. The SMILES string of the molecule is BC(=O)NCc1ccc(N2CCCC2)cc1. The van der Waals surface area contributed by atoms with Gasteiger partial charge in [-0.1, -0.05) is 12.1 Å². The lowest BCUT2D eigenvalue weighted by molar-refractivity contribution is 0.259. The average molecular weight is 216 g/mol. The molecule has 0 bridgehead atoms. The molecule has 2 rings (SSSR count). The molecule has 16 heavy (non-hydrogen) atoms. The quantitative estimate of drug-likeness (QED) is 0.768. The number of hydrogen-bond acceptors (Lipinski definition) is 2. The van der Waals surface area contributed by atoms with Crippen molar-refractivity contribution in [1.82, 2.24) is 5.32 Å². The summed E-state index contributed by atoms with van der Waals surface area (Å²) in [5.74, 6) is 0.0172. The summed E-state index contributed by atoms with van der Waals surface area (Å²) in [6.45, 7) is 2.96. The molecule has 3 nitrogen and oxygen atoms in total. The molecule has 0 aliphatic carbocycles. The fraction of sp³-hybridized carbons (Fsp3) is 0.417. The van der Waals surface area contributed by atoms with Crippen molar-refractivity contribution in [2.45, 2.75) is 19.4 Å². The maximum Gasteiger partial charge on any atom is 0.215 e. The zero-order valence-corrected chi connectivity index (χ0v) is 9.70. The van der Waals surface area contributed by atoms with Gasteiger partial charge < -0.3 is 10.2 Å². The Morgan fingerprint density at radius 1 is 1.25 bits per heavy atom. The Kier molecular flexibility index (Phi) is 3.49. The molecular weight excluding hydrogens is 199 g/mol. The summed E-state index contributed by atoms with van der Waals surface area (Å²) in [6.07, 6.45) is 2.60. The van der Waals surface area contributed by atoms with Crippen LogP contribution in [-0.4, -0.2) is 26.7 Å². The molecule has 1 fully saturated rings. The third-order valence-corrected chi connectivity index (χ3v) is 2.95. The second-order valence-corrected chi connectivity index (χ2v) is 4.27. The first-order valence-electron chi connectivity index (χ1n) is 5.84. The van der Waals surface area contributed by atoms with Gasteiger partial charge in [0, 0.05) is 25.3 Å². The van der Waals surface area contributed by atoms with Crippen LogP contribution in [0.25, 0.3) is 0 Å². The highest BCUT2D eigenvalue weighted by Gasteiger charge is 2.11. The minimum atomic E-state index is 0.0172. The molecule has 0 aromatic heterocycles. The molecule has 1 aromatic carbocycles. The Labute approximate surface area is 97.2 Å². The maximum absolute atomic E-state index is 10.8. The van der Waals surface area contributed by atoms with E-state index in [2.05, 4.69) is 34.5 Å². The summed E-state index contributed by atoms with van der Waals surface area (Å²) in [7, 11) is 1.54. The number of nitrogens with zero attached hydrogens (tertiary/aromatic N) is 1. The Morgan fingerprint density at radius 3 is 2.44 bits per heavy atom. The third-order valence-electron chi connectivity index (χ3n) is 2.95. The van der Waals surface area contributed by atoms with Crippen LogP contribution in [0.5, 0.6) is 0 Å². The van der Waals surface area contributed by atoms with Gasteiger partial charge in [-0.15, -0.1) is 0 Å².